The molecule has 0 unspecified atom stereocenters. The zero-order chi connectivity index (χ0) is 23.9. The zero-order valence-corrected chi connectivity index (χ0v) is 18.9. The summed E-state index contributed by atoms with van der Waals surface area (Å²) in [4.78, 5) is 25.5. The number of pyridine rings is 1. The second kappa shape index (κ2) is 10.4. The number of nitrogens with one attached hydrogen (secondary N) is 4. The largest absolute Gasteiger partial charge is 0.366 e. The van der Waals surface area contributed by atoms with Crippen molar-refractivity contribution in [1.29, 1.82) is 5.26 Å². The van der Waals surface area contributed by atoms with Crippen molar-refractivity contribution in [3.05, 3.63) is 65.5 Å². The van der Waals surface area contributed by atoms with Gasteiger partial charge in [-0.2, -0.15) is 10.2 Å². The Morgan fingerprint density at radius 2 is 1.91 bits per heavy atom. The van der Waals surface area contributed by atoms with Crippen LogP contribution in [0, 0.1) is 23.2 Å². The van der Waals surface area contributed by atoms with Gasteiger partial charge in [-0.05, 0) is 69.1 Å². The number of carbonyl (C=O) groups is 1. The standard InChI is InChI=1S/C25H24N8O/c1-16(27-2)24(34)32-22-5-3-4-19(29-22)11-8-18-15-28-25(33-23(18)30-20-12-13-20)31-21-9-6-17(14-26)7-10-21/h3-7,9-10,15-16,20,27H,12-13H2,1-2H3,(H,29,32,34)(H2,28,30,31,33)/t16-/m0/s1. The van der Waals surface area contributed by atoms with Crippen molar-refractivity contribution in [1.82, 2.24) is 20.3 Å². The first-order valence-electron chi connectivity index (χ1n) is 10.9. The van der Waals surface area contributed by atoms with E-state index in [1.54, 1.807) is 62.6 Å². The van der Waals surface area contributed by atoms with Crippen LogP contribution in [0.5, 0.6) is 0 Å². The third-order valence-electron chi connectivity index (χ3n) is 5.13. The van der Waals surface area contributed by atoms with E-state index in [1.807, 2.05) is 0 Å². The number of amides is 1. The summed E-state index contributed by atoms with van der Waals surface area (Å²) in [6, 6.07) is 14.5. The van der Waals surface area contributed by atoms with Gasteiger partial charge in [-0.1, -0.05) is 12.0 Å². The SMILES string of the molecule is CN[C@@H](C)C(=O)Nc1cccc(C#Cc2cnc(Nc3ccc(C#N)cc3)nc2NC2CC2)n1. The highest BCUT2D eigenvalue weighted by Crippen LogP contribution is 2.26. The molecule has 2 aromatic heterocycles. The molecule has 4 N–H and O–H groups in total. The van der Waals surface area contributed by atoms with E-state index in [0.29, 0.717) is 40.4 Å². The molecule has 1 saturated carbocycles. The van der Waals surface area contributed by atoms with Crippen LogP contribution in [0.15, 0.2) is 48.7 Å². The van der Waals surface area contributed by atoms with Crippen molar-refractivity contribution in [3.8, 4) is 17.9 Å². The van der Waals surface area contributed by atoms with Crippen LogP contribution in [-0.4, -0.2) is 40.0 Å². The van der Waals surface area contributed by atoms with Crippen molar-refractivity contribution >= 4 is 29.2 Å². The van der Waals surface area contributed by atoms with Gasteiger partial charge in [-0.15, -0.1) is 0 Å². The second-order valence-corrected chi connectivity index (χ2v) is 7.85. The van der Waals surface area contributed by atoms with Crippen LogP contribution >= 0.6 is 0 Å². The summed E-state index contributed by atoms with van der Waals surface area (Å²) in [5.74, 6) is 7.47. The minimum Gasteiger partial charge on any atom is -0.366 e. The van der Waals surface area contributed by atoms with Crippen LogP contribution < -0.4 is 21.3 Å². The fraction of sp³-hybridized carbons (Fsp3) is 0.240. The monoisotopic (exact) mass is 452 g/mol. The third kappa shape index (κ3) is 6.06. The summed E-state index contributed by atoms with van der Waals surface area (Å²) < 4.78 is 0. The van der Waals surface area contributed by atoms with Crippen LogP contribution in [0.2, 0.25) is 0 Å². The lowest BCUT2D eigenvalue weighted by molar-refractivity contribution is -0.117. The maximum absolute atomic E-state index is 12.1. The van der Waals surface area contributed by atoms with E-state index in [0.717, 1.165) is 18.5 Å². The maximum Gasteiger partial charge on any atom is 0.242 e. The van der Waals surface area contributed by atoms with Gasteiger partial charge in [-0.25, -0.2) is 9.97 Å². The van der Waals surface area contributed by atoms with Gasteiger partial charge >= 0.3 is 0 Å². The van der Waals surface area contributed by atoms with Crippen LogP contribution in [0.25, 0.3) is 0 Å². The molecule has 2 heterocycles. The lowest BCUT2D eigenvalue weighted by Crippen LogP contribution is -2.35. The first-order valence-corrected chi connectivity index (χ1v) is 10.9. The number of nitrogens with zero attached hydrogens (tertiary/aromatic N) is 4. The van der Waals surface area contributed by atoms with Crippen LogP contribution in [0.4, 0.5) is 23.3 Å². The molecule has 1 amide bonds. The molecule has 1 aliphatic rings. The van der Waals surface area contributed by atoms with Crippen molar-refractivity contribution in [2.24, 2.45) is 0 Å². The summed E-state index contributed by atoms with van der Waals surface area (Å²) in [5, 5.41) is 21.2. The molecular weight excluding hydrogens is 428 g/mol. The molecule has 9 heteroatoms. The summed E-state index contributed by atoms with van der Waals surface area (Å²) in [5.41, 5.74) is 2.54. The summed E-state index contributed by atoms with van der Waals surface area (Å²) in [6.45, 7) is 1.77. The first-order chi connectivity index (χ1) is 16.5. The van der Waals surface area contributed by atoms with Gasteiger partial charge in [0.05, 0.1) is 29.4 Å². The second-order valence-electron chi connectivity index (χ2n) is 7.85. The number of benzene rings is 1. The molecule has 0 bridgehead atoms. The molecule has 0 radical (unpaired) electrons. The fourth-order valence-electron chi connectivity index (χ4n) is 2.89. The quantitative estimate of drug-likeness (QED) is 0.403. The van der Waals surface area contributed by atoms with Crippen LogP contribution in [0.3, 0.4) is 0 Å². The third-order valence-corrected chi connectivity index (χ3v) is 5.13. The number of rotatable bonds is 7. The minimum absolute atomic E-state index is 0.171. The molecule has 4 rings (SSSR count). The average Bonchev–Trinajstić information content (AvgIpc) is 3.68. The molecule has 0 spiro atoms. The highest BCUT2D eigenvalue weighted by molar-refractivity contribution is 5.93. The maximum atomic E-state index is 12.1. The summed E-state index contributed by atoms with van der Waals surface area (Å²) in [7, 11) is 1.72. The summed E-state index contributed by atoms with van der Waals surface area (Å²) >= 11 is 0. The molecule has 9 nitrogen and oxygen atoms in total. The van der Waals surface area contributed by atoms with E-state index < -0.39 is 0 Å². The Morgan fingerprint density at radius 3 is 2.62 bits per heavy atom. The van der Waals surface area contributed by atoms with E-state index in [-0.39, 0.29) is 11.9 Å². The number of nitriles is 1. The molecule has 1 aromatic carbocycles. The van der Waals surface area contributed by atoms with Gasteiger partial charge < -0.3 is 21.3 Å². The van der Waals surface area contributed by atoms with Crippen molar-refractivity contribution in [3.63, 3.8) is 0 Å². The fourth-order valence-corrected chi connectivity index (χ4v) is 2.89. The Labute approximate surface area is 198 Å². The summed E-state index contributed by atoms with van der Waals surface area (Å²) in [6.07, 6.45) is 3.84. The number of hydrogen-bond donors (Lipinski definition) is 4. The smallest absolute Gasteiger partial charge is 0.242 e. The lowest BCUT2D eigenvalue weighted by atomic mass is 10.2. The van der Waals surface area contributed by atoms with Crippen LogP contribution in [-0.2, 0) is 4.79 Å². The number of carbonyl (C=O) groups excluding carboxylic acids is 1. The van der Waals surface area contributed by atoms with E-state index in [9.17, 15) is 4.79 Å². The zero-order valence-electron chi connectivity index (χ0n) is 18.9. The predicted octanol–water partition coefficient (Wildman–Crippen LogP) is 3.01. The van der Waals surface area contributed by atoms with E-state index >= 15 is 0 Å². The average molecular weight is 453 g/mol. The Hall–Kier alpha value is -4.47. The highest BCUT2D eigenvalue weighted by Gasteiger charge is 2.23. The van der Waals surface area contributed by atoms with E-state index in [2.05, 4.69) is 54.1 Å². The number of aromatic nitrogens is 3. The molecule has 1 atom stereocenters. The molecule has 1 fully saturated rings. The highest BCUT2D eigenvalue weighted by atomic mass is 16.2. The normalized spacial score (nSPS) is 13.1. The Balaban J connectivity index is 1.53. The molecule has 0 saturated heterocycles. The number of hydrogen-bond acceptors (Lipinski definition) is 8. The Kier molecular flexibility index (Phi) is 6.97. The molecule has 170 valence electrons. The van der Waals surface area contributed by atoms with Gasteiger partial charge in [0.1, 0.15) is 17.3 Å². The van der Waals surface area contributed by atoms with Crippen molar-refractivity contribution in [2.75, 3.05) is 23.0 Å². The Bertz CT molecular complexity index is 1280. The van der Waals surface area contributed by atoms with Gasteiger partial charge in [0.15, 0.2) is 0 Å². The van der Waals surface area contributed by atoms with Gasteiger partial charge in [0.2, 0.25) is 11.9 Å². The molecule has 3 aromatic rings. The molecular formula is C25H24N8O. The molecule has 0 aliphatic heterocycles. The minimum atomic E-state index is -0.332. The topological polar surface area (TPSA) is 128 Å². The van der Waals surface area contributed by atoms with Crippen molar-refractivity contribution in [2.45, 2.75) is 31.8 Å². The molecule has 1 aliphatic carbocycles. The van der Waals surface area contributed by atoms with Crippen molar-refractivity contribution < 1.29 is 4.79 Å². The first kappa shape index (κ1) is 22.7. The van der Waals surface area contributed by atoms with Gasteiger partial charge in [0.25, 0.3) is 0 Å². The Morgan fingerprint density at radius 1 is 1.12 bits per heavy atom. The predicted molar refractivity (Wildman–Crippen MR) is 130 cm³/mol. The van der Waals surface area contributed by atoms with E-state index in [1.165, 1.54) is 0 Å². The van der Waals surface area contributed by atoms with E-state index in [4.69, 9.17) is 5.26 Å². The number of anilines is 4. The van der Waals surface area contributed by atoms with Gasteiger partial charge in [0, 0.05) is 11.7 Å². The molecule has 34 heavy (non-hydrogen) atoms. The number of likely N-dealkylation sites (N-methyl/N-ethyl adjacent to an activating group) is 1. The van der Waals surface area contributed by atoms with Crippen LogP contribution in [0.1, 0.15) is 36.6 Å². The van der Waals surface area contributed by atoms with Gasteiger partial charge in [-0.3, -0.25) is 4.79 Å². The lowest BCUT2D eigenvalue weighted by Gasteiger charge is -2.10.